The Hall–Kier alpha value is -2.93. The van der Waals surface area contributed by atoms with E-state index in [1.54, 1.807) is 12.3 Å². The summed E-state index contributed by atoms with van der Waals surface area (Å²) in [5.74, 6) is -0.674. The van der Waals surface area contributed by atoms with E-state index in [1.807, 2.05) is 37.3 Å². The number of aromatic nitrogens is 2. The molecule has 0 bridgehead atoms. The number of likely N-dealkylation sites (tertiary alicyclic amines) is 1. The maximum Gasteiger partial charge on any atom is 0.420 e. The Labute approximate surface area is 163 Å². The quantitative estimate of drug-likeness (QED) is 0.733. The maximum atomic E-state index is 12.6. The van der Waals surface area contributed by atoms with Crippen LogP contribution in [0, 0.1) is 6.92 Å². The number of carbonyl (C=O) groups excluding carboxylic acids is 1. The lowest BCUT2D eigenvalue weighted by atomic mass is 10.1. The number of nitrogens with one attached hydrogen (secondary N) is 1. The van der Waals surface area contributed by atoms with Crippen molar-refractivity contribution in [1.29, 1.82) is 0 Å². The van der Waals surface area contributed by atoms with Gasteiger partial charge in [0, 0.05) is 25.3 Å². The van der Waals surface area contributed by atoms with Crippen molar-refractivity contribution in [3.05, 3.63) is 64.4 Å². The molecule has 1 amide bonds. The van der Waals surface area contributed by atoms with E-state index in [0.717, 1.165) is 43.7 Å². The maximum absolute atomic E-state index is 12.6. The SMILES string of the molecule is Cc1ccc2oc(=O)n(CC(=O)NC3CCCN(Cc4ccccn4)C3)c2c1. The van der Waals surface area contributed by atoms with Crippen molar-refractivity contribution < 1.29 is 9.21 Å². The van der Waals surface area contributed by atoms with Gasteiger partial charge in [-0.15, -0.1) is 0 Å². The fourth-order valence-corrected chi connectivity index (χ4v) is 3.78. The molecular formula is C21H24N4O3. The van der Waals surface area contributed by atoms with Crippen LogP contribution in [0.3, 0.4) is 0 Å². The van der Waals surface area contributed by atoms with Crippen LogP contribution in [0.25, 0.3) is 11.1 Å². The third kappa shape index (κ3) is 4.14. The molecule has 2 aromatic heterocycles. The number of benzene rings is 1. The van der Waals surface area contributed by atoms with E-state index in [4.69, 9.17) is 4.42 Å². The molecule has 0 saturated carbocycles. The fraction of sp³-hybridized carbons (Fsp3) is 0.381. The summed E-state index contributed by atoms with van der Waals surface area (Å²) < 4.78 is 6.64. The monoisotopic (exact) mass is 380 g/mol. The number of carbonyl (C=O) groups is 1. The molecule has 7 nitrogen and oxygen atoms in total. The molecule has 4 rings (SSSR count). The lowest BCUT2D eigenvalue weighted by molar-refractivity contribution is -0.122. The number of piperidine rings is 1. The van der Waals surface area contributed by atoms with Crippen LogP contribution < -0.4 is 11.1 Å². The zero-order valence-corrected chi connectivity index (χ0v) is 15.9. The van der Waals surface area contributed by atoms with Crippen molar-refractivity contribution in [2.45, 2.75) is 38.9 Å². The van der Waals surface area contributed by atoms with E-state index in [2.05, 4.69) is 15.2 Å². The van der Waals surface area contributed by atoms with Gasteiger partial charge in [0.25, 0.3) is 0 Å². The Bertz CT molecular complexity index is 1030. The van der Waals surface area contributed by atoms with Gasteiger partial charge < -0.3 is 9.73 Å². The van der Waals surface area contributed by atoms with Crippen LogP contribution in [0.4, 0.5) is 0 Å². The number of pyridine rings is 1. The van der Waals surface area contributed by atoms with Crippen LogP contribution in [0.2, 0.25) is 0 Å². The summed E-state index contributed by atoms with van der Waals surface area (Å²) >= 11 is 0. The first-order valence-corrected chi connectivity index (χ1v) is 9.60. The number of nitrogens with zero attached hydrogens (tertiary/aromatic N) is 3. The Kier molecular flexibility index (Phi) is 5.25. The average molecular weight is 380 g/mol. The van der Waals surface area contributed by atoms with Crippen molar-refractivity contribution in [3.8, 4) is 0 Å². The minimum absolute atomic E-state index is 0.0357. The zero-order chi connectivity index (χ0) is 19.5. The second-order valence-electron chi connectivity index (χ2n) is 7.39. The van der Waals surface area contributed by atoms with E-state index >= 15 is 0 Å². The summed E-state index contributed by atoms with van der Waals surface area (Å²) in [6, 6.07) is 11.5. The summed E-state index contributed by atoms with van der Waals surface area (Å²) in [5.41, 5.74) is 3.20. The first-order valence-electron chi connectivity index (χ1n) is 9.60. The Balaban J connectivity index is 1.39. The molecule has 0 aliphatic carbocycles. The van der Waals surface area contributed by atoms with Crippen molar-refractivity contribution in [1.82, 2.24) is 19.8 Å². The molecule has 1 fully saturated rings. The lowest BCUT2D eigenvalue weighted by Gasteiger charge is -2.32. The van der Waals surface area contributed by atoms with E-state index < -0.39 is 5.76 Å². The Morgan fingerprint density at radius 3 is 3.04 bits per heavy atom. The second-order valence-corrected chi connectivity index (χ2v) is 7.39. The van der Waals surface area contributed by atoms with Gasteiger partial charge in [0.05, 0.1) is 11.2 Å². The summed E-state index contributed by atoms with van der Waals surface area (Å²) in [7, 11) is 0. The van der Waals surface area contributed by atoms with E-state index in [1.165, 1.54) is 4.57 Å². The highest BCUT2D eigenvalue weighted by Crippen LogP contribution is 2.15. The minimum Gasteiger partial charge on any atom is -0.408 e. The van der Waals surface area contributed by atoms with E-state index in [-0.39, 0.29) is 18.5 Å². The molecule has 1 aliphatic heterocycles. The minimum atomic E-state index is -0.504. The number of fused-ring (bicyclic) bond motifs is 1. The van der Waals surface area contributed by atoms with Crippen molar-refractivity contribution in [3.63, 3.8) is 0 Å². The number of hydrogen-bond acceptors (Lipinski definition) is 5. The van der Waals surface area contributed by atoms with Crippen molar-refractivity contribution in [2.75, 3.05) is 13.1 Å². The third-order valence-electron chi connectivity index (χ3n) is 5.11. The molecule has 1 N–H and O–H groups in total. The van der Waals surface area contributed by atoms with Crippen LogP contribution in [0.1, 0.15) is 24.1 Å². The number of amides is 1. The van der Waals surface area contributed by atoms with E-state index in [9.17, 15) is 9.59 Å². The summed E-state index contributed by atoms with van der Waals surface area (Å²) in [5, 5.41) is 3.08. The van der Waals surface area contributed by atoms with Gasteiger partial charge in [0.2, 0.25) is 5.91 Å². The van der Waals surface area contributed by atoms with Crippen LogP contribution in [-0.4, -0.2) is 39.5 Å². The molecule has 0 spiro atoms. The number of rotatable bonds is 5. The highest BCUT2D eigenvalue weighted by molar-refractivity contribution is 5.80. The van der Waals surface area contributed by atoms with E-state index in [0.29, 0.717) is 11.1 Å². The van der Waals surface area contributed by atoms with Gasteiger partial charge in [-0.2, -0.15) is 0 Å². The average Bonchev–Trinajstić information content (AvgIpc) is 2.98. The molecule has 1 aromatic carbocycles. The lowest BCUT2D eigenvalue weighted by Crippen LogP contribution is -2.48. The molecule has 7 heteroatoms. The Morgan fingerprint density at radius 2 is 2.21 bits per heavy atom. The van der Waals surface area contributed by atoms with Gasteiger partial charge in [-0.3, -0.25) is 19.2 Å². The van der Waals surface area contributed by atoms with Crippen LogP contribution in [0.5, 0.6) is 0 Å². The summed E-state index contributed by atoms with van der Waals surface area (Å²) in [6.45, 7) is 4.46. The van der Waals surface area contributed by atoms with Crippen molar-refractivity contribution >= 4 is 17.0 Å². The topological polar surface area (TPSA) is 80.4 Å². The van der Waals surface area contributed by atoms with Crippen LogP contribution in [0.15, 0.2) is 51.8 Å². The number of oxazole rings is 1. The molecule has 146 valence electrons. The molecule has 1 saturated heterocycles. The summed E-state index contributed by atoms with van der Waals surface area (Å²) in [4.78, 5) is 31.4. The molecule has 0 radical (unpaired) electrons. The molecule has 3 aromatic rings. The van der Waals surface area contributed by atoms with Gasteiger partial charge in [0.1, 0.15) is 6.54 Å². The fourth-order valence-electron chi connectivity index (χ4n) is 3.78. The first kappa shape index (κ1) is 18.4. The highest BCUT2D eigenvalue weighted by atomic mass is 16.4. The van der Waals surface area contributed by atoms with Gasteiger partial charge in [-0.05, 0) is 56.1 Å². The van der Waals surface area contributed by atoms with Gasteiger partial charge >= 0.3 is 5.76 Å². The third-order valence-corrected chi connectivity index (χ3v) is 5.11. The normalized spacial score (nSPS) is 17.7. The standard InChI is InChI=1S/C21H24N4O3/c1-15-7-8-19-18(11-15)25(21(27)28-19)14-20(26)23-17-6-4-10-24(13-17)12-16-5-2-3-9-22-16/h2-3,5,7-9,11,17H,4,6,10,12-14H2,1H3,(H,23,26). The van der Waals surface area contributed by atoms with Crippen molar-refractivity contribution in [2.24, 2.45) is 0 Å². The molecule has 3 heterocycles. The smallest absolute Gasteiger partial charge is 0.408 e. The Morgan fingerprint density at radius 1 is 1.32 bits per heavy atom. The molecule has 1 unspecified atom stereocenters. The predicted molar refractivity (Wildman–Crippen MR) is 106 cm³/mol. The van der Waals surface area contributed by atoms with Gasteiger partial charge in [-0.1, -0.05) is 12.1 Å². The zero-order valence-electron chi connectivity index (χ0n) is 15.9. The molecular weight excluding hydrogens is 356 g/mol. The van der Waals surface area contributed by atoms with Gasteiger partial charge in [-0.25, -0.2) is 4.79 Å². The number of hydrogen-bond donors (Lipinski definition) is 1. The highest BCUT2D eigenvalue weighted by Gasteiger charge is 2.22. The largest absolute Gasteiger partial charge is 0.420 e. The molecule has 1 aliphatic rings. The molecule has 28 heavy (non-hydrogen) atoms. The van der Waals surface area contributed by atoms with Gasteiger partial charge in [0.15, 0.2) is 5.58 Å². The predicted octanol–water partition coefficient (Wildman–Crippen LogP) is 2.08. The first-order chi connectivity index (χ1) is 13.6. The van der Waals surface area contributed by atoms with Crippen LogP contribution >= 0.6 is 0 Å². The van der Waals surface area contributed by atoms with Crippen LogP contribution in [-0.2, 0) is 17.9 Å². The summed E-state index contributed by atoms with van der Waals surface area (Å²) in [6.07, 6.45) is 3.75. The molecule has 1 atom stereocenters. The number of aryl methyl sites for hydroxylation is 1. The second kappa shape index (κ2) is 7.98.